The molecule has 0 saturated carbocycles. The molecule has 2 aromatic rings. The first-order chi connectivity index (χ1) is 6.68. The summed E-state index contributed by atoms with van der Waals surface area (Å²) in [5, 5.41) is 4.28. The number of hydrogen-bond acceptors (Lipinski definition) is 1. The molecule has 0 unspecified atom stereocenters. The van der Waals surface area contributed by atoms with Crippen LogP contribution in [0.2, 0.25) is 0 Å². The summed E-state index contributed by atoms with van der Waals surface area (Å²) in [6.07, 6.45) is 2.99. The molecular formula is C11H13N3. The van der Waals surface area contributed by atoms with E-state index in [1.165, 1.54) is 28.2 Å². The van der Waals surface area contributed by atoms with Crippen molar-refractivity contribution >= 4 is 0 Å². The van der Waals surface area contributed by atoms with E-state index in [9.17, 15) is 0 Å². The SMILES string of the molecule is Cc1cc2c(n1C)Cc1c-2cnn1C. The molecule has 3 nitrogen and oxygen atoms in total. The Labute approximate surface area is 83.0 Å². The Morgan fingerprint density at radius 1 is 1.21 bits per heavy atom. The molecule has 1 aliphatic rings. The summed E-state index contributed by atoms with van der Waals surface area (Å²) >= 11 is 0. The molecule has 0 amide bonds. The summed E-state index contributed by atoms with van der Waals surface area (Å²) in [5.41, 5.74) is 6.76. The fourth-order valence-corrected chi connectivity index (χ4v) is 2.29. The smallest absolute Gasteiger partial charge is 0.0571 e. The highest BCUT2D eigenvalue weighted by atomic mass is 15.3. The fraction of sp³-hybridized carbons (Fsp3) is 0.364. The quantitative estimate of drug-likeness (QED) is 0.524. The topological polar surface area (TPSA) is 22.8 Å². The van der Waals surface area contributed by atoms with Crippen molar-refractivity contribution in [3.8, 4) is 11.1 Å². The van der Waals surface area contributed by atoms with Crippen molar-refractivity contribution in [2.45, 2.75) is 13.3 Å². The van der Waals surface area contributed by atoms with Crippen LogP contribution in [0.1, 0.15) is 17.1 Å². The van der Waals surface area contributed by atoms with Gasteiger partial charge in [0.1, 0.15) is 0 Å². The van der Waals surface area contributed by atoms with E-state index in [2.05, 4.69) is 29.7 Å². The molecule has 3 rings (SSSR count). The van der Waals surface area contributed by atoms with Crippen LogP contribution in [0, 0.1) is 6.92 Å². The molecule has 72 valence electrons. The highest BCUT2D eigenvalue weighted by Crippen LogP contribution is 2.37. The van der Waals surface area contributed by atoms with Gasteiger partial charge in [0.2, 0.25) is 0 Å². The average molecular weight is 187 g/mol. The lowest BCUT2D eigenvalue weighted by Gasteiger charge is -2.02. The third-order valence-corrected chi connectivity index (χ3v) is 3.28. The Kier molecular flexibility index (Phi) is 1.29. The second-order valence-electron chi connectivity index (χ2n) is 4.01. The first kappa shape index (κ1) is 7.85. The lowest BCUT2D eigenvalue weighted by atomic mass is 10.2. The van der Waals surface area contributed by atoms with Crippen LogP contribution < -0.4 is 0 Å². The maximum atomic E-state index is 4.28. The first-order valence-electron chi connectivity index (χ1n) is 4.85. The van der Waals surface area contributed by atoms with Gasteiger partial charge in [-0.15, -0.1) is 0 Å². The molecule has 0 spiro atoms. The maximum Gasteiger partial charge on any atom is 0.0571 e. The Hall–Kier alpha value is -1.51. The Bertz CT molecular complexity index is 517. The van der Waals surface area contributed by atoms with Gasteiger partial charge in [-0.2, -0.15) is 5.10 Å². The van der Waals surface area contributed by atoms with E-state index < -0.39 is 0 Å². The van der Waals surface area contributed by atoms with E-state index in [0.29, 0.717) is 0 Å². The van der Waals surface area contributed by atoms with E-state index in [0.717, 1.165) is 6.42 Å². The van der Waals surface area contributed by atoms with Crippen molar-refractivity contribution in [3.63, 3.8) is 0 Å². The van der Waals surface area contributed by atoms with Gasteiger partial charge in [0.15, 0.2) is 0 Å². The van der Waals surface area contributed by atoms with E-state index in [-0.39, 0.29) is 0 Å². The lowest BCUT2D eigenvalue weighted by molar-refractivity contribution is 0.714. The summed E-state index contributed by atoms with van der Waals surface area (Å²) in [6, 6.07) is 2.25. The van der Waals surface area contributed by atoms with Crippen LogP contribution in [-0.2, 0) is 20.5 Å². The molecule has 0 aliphatic heterocycles. The molecule has 3 heteroatoms. The zero-order valence-corrected chi connectivity index (χ0v) is 8.70. The van der Waals surface area contributed by atoms with Crippen molar-refractivity contribution in [1.29, 1.82) is 0 Å². The number of fused-ring (bicyclic) bond motifs is 3. The van der Waals surface area contributed by atoms with Crippen molar-refractivity contribution in [2.75, 3.05) is 0 Å². The summed E-state index contributed by atoms with van der Waals surface area (Å²) in [6.45, 7) is 2.15. The predicted octanol–water partition coefficient (Wildman–Crippen LogP) is 1.64. The van der Waals surface area contributed by atoms with Gasteiger partial charge in [0.25, 0.3) is 0 Å². The monoisotopic (exact) mass is 187 g/mol. The van der Waals surface area contributed by atoms with Crippen LogP contribution in [0.5, 0.6) is 0 Å². The Balaban J connectivity index is 2.31. The average Bonchev–Trinajstić information content (AvgIpc) is 2.74. The minimum atomic E-state index is 1.02. The van der Waals surface area contributed by atoms with E-state index >= 15 is 0 Å². The Morgan fingerprint density at radius 2 is 2.00 bits per heavy atom. The van der Waals surface area contributed by atoms with Crippen LogP contribution in [0.4, 0.5) is 0 Å². The van der Waals surface area contributed by atoms with Crippen molar-refractivity contribution in [2.24, 2.45) is 14.1 Å². The van der Waals surface area contributed by atoms with Gasteiger partial charge < -0.3 is 4.57 Å². The largest absolute Gasteiger partial charge is 0.351 e. The van der Waals surface area contributed by atoms with E-state index in [1.54, 1.807) is 0 Å². The van der Waals surface area contributed by atoms with E-state index in [4.69, 9.17) is 0 Å². The number of hydrogen-bond donors (Lipinski definition) is 0. The first-order valence-corrected chi connectivity index (χ1v) is 4.85. The van der Waals surface area contributed by atoms with Gasteiger partial charge in [0.05, 0.1) is 11.9 Å². The van der Waals surface area contributed by atoms with Crippen molar-refractivity contribution < 1.29 is 0 Å². The number of nitrogens with zero attached hydrogens (tertiary/aromatic N) is 3. The van der Waals surface area contributed by atoms with Gasteiger partial charge in [-0.1, -0.05) is 0 Å². The van der Waals surface area contributed by atoms with Crippen molar-refractivity contribution in [1.82, 2.24) is 14.3 Å². The summed E-state index contributed by atoms with van der Waals surface area (Å²) < 4.78 is 4.25. The normalized spacial score (nSPS) is 13.1. The van der Waals surface area contributed by atoms with Gasteiger partial charge in [0, 0.05) is 43.0 Å². The molecule has 0 aromatic carbocycles. The molecule has 0 saturated heterocycles. The molecule has 0 radical (unpaired) electrons. The van der Waals surface area contributed by atoms with Crippen LogP contribution in [-0.4, -0.2) is 14.3 Å². The maximum absolute atomic E-state index is 4.28. The third kappa shape index (κ3) is 0.750. The molecule has 0 fully saturated rings. The lowest BCUT2D eigenvalue weighted by Crippen LogP contribution is -2.01. The molecule has 2 heterocycles. The van der Waals surface area contributed by atoms with Crippen LogP contribution in [0.3, 0.4) is 0 Å². The van der Waals surface area contributed by atoms with Gasteiger partial charge in [-0.3, -0.25) is 4.68 Å². The molecule has 2 aromatic heterocycles. The number of aromatic nitrogens is 3. The van der Waals surface area contributed by atoms with E-state index in [1.807, 2.05) is 17.9 Å². The van der Waals surface area contributed by atoms with Gasteiger partial charge in [-0.05, 0) is 13.0 Å². The highest BCUT2D eigenvalue weighted by molar-refractivity contribution is 5.74. The minimum absolute atomic E-state index is 1.02. The van der Waals surface area contributed by atoms with Crippen LogP contribution in [0.15, 0.2) is 12.3 Å². The molecule has 1 aliphatic carbocycles. The highest BCUT2D eigenvalue weighted by Gasteiger charge is 2.25. The van der Waals surface area contributed by atoms with Crippen LogP contribution >= 0.6 is 0 Å². The molecule has 0 bridgehead atoms. The zero-order valence-electron chi connectivity index (χ0n) is 8.70. The number of aryl methyl sites for hydroxylation is 2. The fourth-order valence-electron chi connectivity index (χ4n) is 2.29. The summed E-state index contributed by atoms with van der Waals surface area (Å²) in [5.74, 6) is 0. The molecule has 0 atom stereocenters. The number of rotatable bonds is 0. The minimum Gasteiger partial charge on any atom is -0.351 e. The van der Waals surface area contributed by atoms with Crippen LogP contribution in [0.25, 0.3) is 11.1 Å². The predicted molar refractivity (Wildman–Crippen MR) is 55.2 cm³/mol. The standard InChI is InChI=1S/C11H13N3/c1-7-4-8-9-6-12-14(3)11(9)5-10(8)13(7)2/h4,6H,5H2,1-3H3. The Morgan fingerprint density at radius 3 is 2.79 bits per heavy atom. The van der Waals surface area contributed by atoms with Crippen molar-refractivity contribution in [3.05, 3.63) is 29.3 Å². The van der Waals surface area contributed by atoms with Gasteiger partial charge >= 0.3 is 0 Å². The zero-order chi connectivity index (χ0) is 9.87. The molecule has 14 heavy (non-hydrogen) atoms. The molecule has 0 N–H and O–H groups in total. The third-order valence-electron chi connectivity index (χ3n) is 3.28. The second kappa shape index (κ2) is 2.29. The van der Waals surface area contributed by atoms with Gasteiger partial charge in [-0.25, -0.2) is 0 Å². The summed E-state index contributed by atoms with van der Waals surface area (Å²) in [7, 11) is 4.14. The molecular weight excluding hydrogens is 174 g/mol. The second-order valence-corrected chi connectivity index (χ2v) is 4.01. The summed E-state index contributed by atoms with van der Waals surface area (Å²) in [4.78, 5) is 0.